The van der Waals surface area contributed by atoms with Crippen molar-refractivity contribution in [2.24, 2.45) is 0 Å². The van der Waals surface area contributed by atoms with Gasteiger partial charge in [0.05, 0.1) is 11.3 Å². The van der Waals surface area contributed by atoms with E-state index >= 15 is 0 Å². The van der Waals surface area contributed by atoms with Crippen LogP contribution in [0.4, 0.5) is 0 Å². The van der Waals surface area contributed by atoms with Gasteiger partial charge < -0.3 is 5.32 Å². The van der Waals surface area contributed by atoms with Gasteiger partial charge in [0.25, 0.3) is 5.91 Å². The molecule has 3 aromatic rings. The molecule has 0 spiro atoms. The fourth-order valence-electron chi connectivity index (χ4n) is 2.67. The van der Waals surface area contributed by atoms with Crippen molar-refractivity contribution < 1.29 is 4.79 Å². The number of nitrogens with zero attached hydrogens (tertiary/aromatic N) is 2. The average Bonchev–Trinajstić information content (AvgIpc) is 3.00. The molecule has 116 valence electrons. The minimum absolute atomic E-state index is 0.137. The molecule has 0 unspecified atom stereocenters. The second kappa shape index (κ2) is 6.08. The molecule has 0 radical (unpaired) electrons. The molecule has 0 saturated carbocycles. The van der Waals surface area contributed by atoms with E-state index in [-0.39, 0.29) is 5.91 Å². The van der Waals surface area contributed by atoms with E-state index in [1.807, 2.05) is 49.4 Å². The van der Waals surface area contributed by atoms with Crippen LogP contribution in [0, 0.1) is 13.8 Å². The standard InChI is InChI=1S/C19H19N3O/c1-13-9-10-16(14(2)11-13)18-17(19(23)20-3)12-22(21-18)15-7-5-4-6-8-15/h4-12H,1-3H3,(H,20,23). The zero-order chi connectivity index (χ0) is 16.4. The van der Waals surface area contributed by atoms with Gasteiger partial charge in [0, 0.05) is 18.8 Å². The summed E-state index contributed by atoms with van der Waals surface area (Å²) >= 11 is 0. The molecule has 0 atom stereocenters. The number of aryl methyl sites for hydroxylation is 2. The van der Waals surface area contributed by atoms with Gasteiger partial charge in [-0.3, -0.25) is 4.79 Å². The van der Waals surface area contributed by atoms with Gasteiger partial charge in [0.2, 0.25) is 0 Å². The Kier molecular flexibility index (Phi) is 3.98. The van der Waals surface area contributed by atoms with Gasteiger partial charge in [-0.05, 0) is 31.5 Å². The van der Waals surface area contributed by atoms with Crippen molar-refractivity contribution in [1.29, 1.82) is 0 Å². The summed E-state index contributed by atoms with van der Waals surface area (Å²) in [6, 6.07) is 16.0. The summed E-state index contributed by atoms with van der Waals surface area (Å²) in [5.74, 6) is -0.137. The zero-order valence-corrected chi connectivity index (χ0v) is 13.5. The first-order valence-corrected chi connectivity index (χ1v) is 7.55. The molecule has 1 amide bonds. The first-order chi connectivity index (χ1) is 11.1. The van der Waals surface area contributed by atoms with Crippen molar-refractivity contribution in [2.45, 2.75) is 13.8 Å². The van der Waals surface area contributed by atoms with Gasteiger partial charge in [0.1, 0.15) is 5.69 Å². The minimum atomic E-state index is -0.137. The first-order valence-electron chi connectivity index (χ1n) is 7.55. The number of benzene rings is 2. The molecule has 0 aliphatic rings. The molecule has 2 aromatic carbocycles. The summed E-state index contributed by atoms with van der Waals surface area (Å²) in [5, 5.41) is 7.36. The Morgan fingerprint density at radius 1 is 1.09 bits per heavy atom. The number of carbonyl (C=O) groups excluding carboxylic acids is 1. The number of para-hydroxylation sites is 1. The van der Waals surface area contributed by atoms with Crippen LogP contribution >= 0.6 is 0 Å². The highest BCUT2D eigenvalue weighted by Crippen LogP contribution is 2.27. The molecule has 0 saturated heterocycles. The summed E-state index contributed by atoms with van der Waals surface area (Å²) in [6.07, 6.45) is 1.78. The maximum Gasteiger partial charge on any atom is 0.254 e. The van der Waals surface area contributed by atoms with E-state index in [1.165, 1.54) is 5.56 Å². The fraction of sp³-hybridized carbons (Fsp3) is 0.158. The van der Waals surface area contributed by atoms with E-state index in [2.05, 4.69) is 23.4 Å². The second-order valence-corrected chi connectivity index (χ2v) is 5.57. The van der Waals surface area contributed by atoms with Gasteiger partial charge in [0.15, 0.2) is 0 Å². The maximum absolute atomic E-state index is 12.3. The number of nitrogens with one attached hydrogen (secondary N) is 1. The van der Waals surface area contributed by atoms with E-state index < -0.39 is 0 Å². The number of carbonyl (C=O) groups is 1. The maximum atomic E-state index is 12.3. The van der Waals surface area contributed by atoms with Crippen molar-refractivity contribution in [2.75, 3.05) is 7.05 Å². The van der Waals surface area contributed by atoms with Crippen LogP contribution in [0.1, 0.15) is 21.5 Å². The molecule has 4 nitrogen and oxygen atoms in total. The van der Waals surface area contributed by atoms with Crippen LogP contribution in [0.5, 0.6) is 0 Å². The van der Waals surface area contributed by atoms with Crippen molar-refractivity contribution >= 4 is 5.91 Å². The van der Waals surface area contributed by atoms with Crippen LogP contribution in [0.2, 0.25) is 0 Å². The van der Waals surface area contributed by atoms with E-state index in [4.69, 9.17) is 0 Å². The Morgan fingerprint density at radius 3 is 2.48 bits per heavy atom. The minimum Gasteiger partial charge on any atom is -0.355 e. The van der Waals surface area contributed by atoms with Crippen molar-refractivity contribution in [3.8, 4) is 16.9 Å². The fourth-order valence-corrected chi connectivity index (χ4v) is 2.67. The number of aromatic nitrogens is 2. The number of hydrogen-bond donors (Lipinski definition) is 1. The van der Waals surface area contributed by atoms with Gasteiger partial charge in [-0.1, -0.05) is 42.0 Å². The third-order valence-corrected chi connectivity index (χ3v) is 3.84. The van der Waals surface area contributed by atoms with Crippen molar-refractivity contribution in [3.05, 3.63) is 71.4 Å². The van der Waals surface area contributed by atoms with Crippen molar-refractivity contribution in [3.63, 3.8) is 0 Å². The van der Waals surface area contributed by atoms with E-state index in [9.17, 15) is 4.79 Å². The lowest BCUT2D eigenvalue weighted by Gasteiger charge is -2.06. The molecule has 0 fully saturated rings. The summed E-state index contributed by atoms with van der Waals surface area (Å²) in [7, 11) is 1.63. The van der Waals surface area contributed by atoms with E-state index in [1.54, 1.807) is 17.9 Å². The van der Waals surface area contributed by atoms with Gasteiger partial charge in [-0.25, -0.2) is 4.68 Å². The number of rotatable bonds is 3. The lowest BCUT2D eigenvalue weighted by molar-refractivity contribution is 0.0963. The van der Waals surface area contributed by atoms with Crippen LogP contribution in [0.3, 0.4) is 0 Å². The molecule has 3 rings (SSSR count). The quantitative estimate of drug-likeness (QED) is 0.805. The third kappa shape index (κ3) is 2.88. The SMILES string of the molecule is CNC(=O)c1cn(-c2ccccc2)nc1-c1ccc(C)cc1C. The lowest BCUT2D eigenvalue weighted by Crippen LogP contribution is -2.18. The average molecular weight is 305 g/mol. The highest BCUT2D eigenvalue weighted by Gasteiger charge is 2.18. The zero-order valence-electron chi connectivity index (χ0n) is 13.5. The van der Waals surface area contributed by atoms with Crippen LogP contribution in [-0.2, 0) is 0 Å². The Bertz CT molecular complexity index is 850. The van der Waals surface area contributed by atoms with E-state index in [0.29, 0.717) is 11.3 Å². The van der Waals surface area contributed by atoms with Gasteiger partial charge in [-0.15, -0.1) is 0 Å². The highest BCUT2D eigenvalue weighted by atomic mass is 16.1. The summed E-state index contributed by atoms with van der Waals surface area (Å²) in [6.45, 7) is 4.09. The third-order valence-electron chi connectivity index (χ3n) is 3.84. The number of amides is 1. The summed E-state index contributed by atoms with van der Waals surface area (Å²) in [4.78, 5) is 12.3. The molecule has 1 N–H and O–H groups in total. The van der Waals surface area contributed by atoms with Crippen LogP contribution in [0.15, 0.2) is 54.7 Å². The Morgan fingerprint density at radius 2 is 1.83 bits per heavy atom. The Labute approximate surface area is 135 Å². The monoisotopic (exact) mass is 305 g/mol. The topological polar surface area (TPSA) is 46.9 Å². The Hall–Kier alpha value is -2.88. The largest absolute Gasteiger partial charge is 0.355 e. The molecule has 0 bridgehead atoms. The normalized spacial score (nSPS) is 10.6. The second-order valence-electron chi connectivity index (χ2n) is 5.57. The molecular weight excluding hydrogens is 286 g/mol. The molecule has 1 aromatic heterocycles. The molecule has 1 heterocycles. The Balaban J connectivity index is 2.18. The highest BCUT2D eigenvalue weighted by molar-refractivity contribution is 6.00. The summed E-state index contributed by atoms with van der Waals surface area (Å²) in [5.41, 5.74) is 5.47. The number of hydrogen-bond acceptors (Lipinski definition) is 2. The lowest BCUT2D eigenvalue weighted by atomic mass is 10.0. The predicted octanol–water partition coefficient (Wildman–Crippen LogP) is 3.52. The van der Waals surface area contributed by atoms with Crippen LogP contribution in [0.25, 0.3) is 16.9 Å². The molecular formula is C19H19N3O. The smallest absolute Gasteiger partial charge is 0.254 e. The molecule has 23 heavy (non-hydrogen) atoms. The predicted molar refractivity (Wildman–Crippen MR) is 91.9 cm³/mol. The van der Waals surface area contributed by atoms with Gasteiger partial charge in [-0.2, -0.15) is 5.10 Å². The van der Waals surface area contributed by atoms with Crippen LogP contribution in [-0.4, -0.2) is 22.7 Å². The van der Waals surface area contributed by atoms with Crippen molar-refractivity contribution in [1.82, 2.24) is 15.1 Å². The molecule has 4 heteroatoms. The summed E-state index contributed by atoms with van der Waals surface area (Å²) < 4.78 is 1.75. The van der Waals surface area contributed by atoms with E-state index in [0.717, 1.165) is 16.8 Å². The molecule has 0 aliphatic carbocycles. The van der Waals surface area contributed by atoms with Gasteiger partial charge >= 0.3 is 0 Å². The molecule has 0 aliphatic heterocycles. The van der Waals surface area contributed by atoms with Crippen LogP contribution < -0.4 is 5.32 Å². The first kappa shape index (κ1) is 15.0.